The number of hydrogen-bond donors (Lipinski definition) is 1. The van der Waals surface area contributed by atoms with Gasteiger partial charge in [0.1, 0.15) is 0 Å². The number of benzene rings is 1. The first-order chi connectivity index (χ1) is 12.2. The standard InChI is InChI=1S/C18H23F3N2O3/c1-22(12-17(25)26)14-6-4-9-23(10-8-14)16(24)11-13-5-2-3-7-15(13)18(19,20)21/h2-3,5,7,14H,4,6,8-12H2,1H3,(H,25,26)/t14-/m1/s1. The van der Waals surface area contributed by atoms with E-state index in [9.17, 15) is 22.8 Å². The van der Waals surface area contributed by atoms with Crippen molar-refractivity contribution in [3.63, 3.8) is 0 Å². The number of nitrogens with zero attached hydrogens (tertiary/aromatic N) is 2. The summed E-state index contributed by atoms with van der Waals surface area (Å²) < 4.78 is 39.2. The number of carbonyl (C=O) groups is 2. The molecule has 0 unspecified atom stereocenters. The van der Waals surface area contributed by atoms with Crippen LogP contribution in [0.1, 0.15) is 30.4 Å². The van der Waals surface area contributed by atoms with Crippen LogP contribution in [0.5, 0.6) is 0 Å². The molecule has 1 atom stereocenters. The number of amides is 1. The Bertz CT molecular complexity index is 649. The second-order valence-corrected chi connectivity index (χ2v) is 6.61. The van der Waals surface area contributed by atoms with E-state index < -0.39 is 17.7 Å². The molecule has 0 spiro atoms. The largest absolute Gasteiger partial charge is 0.480 e. The van der Waals surface area contributed by atoms with E-state index in [1.54, 1.807) is 16.8 Å². The first kappa shape index (κ1) is 20.2. The molecular weight excluding hydrogens is 349 g/mol. The van der Waals surface area contributed by atoms with Crippen LogP contribution in [0.3, 0.4) is 0 Å². The van der Waals surface area contributed by atoms with Gasteiger partial charge in [-0.15, -0.1) is 0 Å². The Morgan fingerprint density at radius 3 is 2.58 bits per heavy atom. The van der Waals surface area contributed by atoms with Gasteiger partial charge < -0.3 is 10.0 Å². The first-order valence-electron chi connectivity index (χ1n) is 8.53. The number of likely N-dealkylation sites (N-methyl/N-ethyl adjacent to an activating group) is 1. The fraction of sp³-hybridized carbons (Fsp3) is 0.556. The van der Waals surface area contributed by atoms with Crippen LogP contribution in [0.4, 0.5) is 13.2 Å². The molecule has 26 heavy (non-hydrogen) atoms. The number of rotatable bonds is 5. The van der Waals surface area contributed by atoms with Gasteiger partial charge in [-0.05, 0) is 37.9 Å². The van der Waals surface area contributed by atoms with Crippen LogP contribution in [-0.2, 0) is 22.2 Å². The topological polar surface area (TPSA) is 60.9 Å². The minimum Gasteiger partial charge on any atom is -0.480 e. The highest BCUT2D eigenvalue weighted by Crippen LogP contribution is 2.32. The molecule has 0 aliphatic carbocycles. The predicted octanol–water partition coefficient (Wildman–Crippen LogP) is 2.65. The monoisotopic (exact) mass is 372 g/mol. The van der Waals surface area contributed by atoms with Gasteiger partial charge in [-0.25, -0.2) is 0 Å². The second kappa shape index (κ2) is 8.53. The second-order valence-electron chi connectivity index (χ2n) is 6.61. The van der Waals surface area contributed by atoms with Crippen LogP contribution < -0.4 is 0 Å². The van der Waals surface area contributed by atoms with Crippen LogP contribution >= 0.6 is 0 Å². The molecule has 1 aromatic rings. The average molecular weight is 372 g/mol. The van der Waals surface area contributed by atoms with Gasteiger partial charge in [0.25, 0.3) is 0 Å². The minimum atomic E-state index is -4.49. The van der Waals surface area contributed by atoms with E-state index in [1.807, 2.05) is 0 Å². The molecule has 1 saturated heterocycles. The molecule has 0 bridgehead atoms. The molecular formula is C18H23F3N2O3. The minimum absolute atomic E-state index is 0.0196. The quantitative estimate of drug-likeness (QED) is 0.863. The molecule has 1 N–H and O–H groups in total. The molecule has 1 aliphatic heterocycles. The maximum Gasteiger partial charge on any atom is 0.416 e. The number of carboxylic acid groups (broad SMARTS) is 1. The van der Waals surface area contributed by atoms with Crippen molar-refractivity contribution >= 4 is 11.9 Å². The predicted molar refractivity (Wildman–Crippen MR) is 89.6 cm³/mol. The SMILES string of the molecule is CN(CC(=O)O)[C@@H]1CCCN(C(=O)Cc2ccccc2C(F)(F)F)CC1. The molecule has 0 radical (unpaired) electrons. The van der Waals surface area contributed by atoms with Crippen LogP contribution in [0, 0.1) is 0 Å². The number of carbonyl (C=O) groups excluding carboxylic acids is 1. The van der Waals surface area contributed by atoms with Gasteiger partial charge in [0, 0.05) is 19.1 Å². The van der Waals surface area contributed by atoms with Crippen molar-refractivity contribution in [1.29, 1.82) is 0 Å². The van der Waals surface area contributed by atoms with E-state index in [1.165, 1.54) is 18.2 Å². The van der Waals surface area contributed by atoms with Crippen molar-refractivity contribution in [1.82, 2.24) is 9.80 Å². The first-order valence-corrected chi connectivity index (χ1v) is 8.53. The Kier molecular flexibility index (Phi) is 6.63. The van der Waals surface area contributed by atoms with Crippen molar-refractivity contribution in [2.75, 3.05) is 26.7 Å². The summed E-state index contributed by atoms with van der Waals surface area (Å²) in [5.41, 5.74) is -0.795. The summed E-state index contributed by atoms with van der Waals surface area (Å²) in [4.78, 5) is 26.7. The molecule has 1 heterocycles. The Labute approximate surface area is 150 Å². The summed E-state index contributed by atoms with van der Waals surface area (Å²) in [5.74, 6) is -1.24. The number of halogens is 3. The van der Waals surface area contributed by atoms with Crippen LogP contribution in [0.15, 0.2) is 24.3 Å². The lowest BCUT2D eigenvalue weighted by Crippen LogP contribution is -2.37. The van der Waals surface area contributed by atoms with Gasteiger partial charge >= 0.3 is 12.1 Å². The third-order valence-corrected chi connectivity index (χ3v) is 4.72. The fourth-order valence-corrected chi connectivity index (χ4v) is 3.34. The third kappa shape index (κ3) is 5.45. The highest BCUT2D eigenvalue weighted by Gasteiger charge is 2.34. The normalized spacial score (nSPS) is 18.7. The van der Waals surface area contributed by atoms with E-state index in [0.717, 1.165) is 12.5 Å². The number of hydrogen-bond acceptors (Lipinski definition) is 3. The number of carboxylic acids is 1. The summed E-state index contributed by atoms with van der Waals surface area (Å²) in [6.07, 6.45) is -2.71. The van der Waals surface area contributed by atoms with Crippen molar-refractivity contribution in [3.05, 3.63) is 35.4 Å². The maximum absolute atomic E-state index is 13.1. The molecule has 1 aliphatic rings. The Morgan fingerprint density at radius 1 is 1.23 bits per heavy atom. The fourth-order valence-electron chi connectivity index (χ4n) is 3.34. The number of alkyl halides is 3. The van der Waals surface area contributed by atoms with Crippen LogP contribution in [0.2, 0.25) is 0 Å². The van der Waals surface area contributed by atoms with Crippen LogP contribution in [-0.4, -0.2) is 59.5 Å². The van der Waals surface area contributed by atoms with Crippen molar-refractivity contribution < 1.29 is 27.9 Å². The van der Waals surface area contributed by atoms with E-state index in [2.05, 4.69) is 0 Å². The number of likely N-dealkylation sites (tertiary alicyclic amines) is 1. The number of aliphatic carboxylic acids is 1. The molecule has 144 valence electrons. The smallest absolute Gasteiger partial charge is 0.416 e. The Balaban J connectivity index is 2.00. The highest BCUT2D eigenvalue weighted by atomic mass is 19.4. The summed E-state index contributed by atoms with van der Waals surface area (Å²) in [6.45, 7) is 0.823. The van der Waals surface area contributed by atoms with Crippen molar-refractivity contribution in [3.8, 4) is 0 Å². The lowest BCUT2D eigenvalue weighted by molar-refractivity contribution is -0.140. The molecule has 1 aromatic carbocycles. The van der Waals surface area contributed by atoms with Gasteiger partial charge in [0.2, 0.25) is 5.91 Å². The van der Waals surface area contributed by atoms with E-state index in [4.69, 9.17) is 5.11 Å². The molecule has 1 amide bonds. The average Bonchev–Trinajstić information content (AvgIpc) is 2.80. The van der Waals surface area contributed by atoms with E-state index >= 15 is 0 Å². The molecule has 8 heteroatoms. The molecule has 0 saturated carbocycles. The third-order valence-electron chi connectivity index (χ3n) is 4.72. The summed E-state index contributed by atoms with van der Waals surface area (Å²) in [5, 5.41) is 8.88. The van der Waals surface area contributed by atoms with Gasteiger partial charge in [0.15, 0.2) is 0 Å². The van der Waals surface area contributed by atoms with Gasteiger partial charge in [-0.2, -0.15) is 13.2 Å². The zero-order chi connectivity index (χ0) is 19.3. The lowest BCUT2D eigenvalue weighted by atomic mass is 10.0. The zero-order valence-electron chi connectivity index (χ0n) is 14.6. The summed E-state index contributed by atoms with van der Waals surface area (Å²) in [7, 11) is 1.73. The highest BCUT2D eigenvalue weighted by molar-refractivity contribution is 5.79. The molecule has 2 rings (SSSR count). The molecule has 1 fully saturated rings. The summed E-state index contributed by atoms with van der Waals surface area (Å²) >= 11 is 0. The van der Waals surface area contributed by atoms with E-state index in [0.29, 0.717) is 25.9 Å². The van der Waals surface area contributed by atoms with Gasteiger partial charge in [-0.1, -0.05) is 18.2 Å². The van der Waals surface area contributed by atoms with Crippen molar-refractivity contribution in [2.45, 2.75) is 37.9 Å². The Hall–Kier alpha value is -2.09. The summed E-state index contributed by atoms with van der Waals surface area (Å²) in [6, 6.07) is 5.18. The molecule has 5 nitrogen and oxygen atoms in total. The maximum atomic E-state index is 13.1. The van der Waals surface area contributed by atoms with Crippen molar-refractivity contribution in [2.24, 2.45) is 0 Å². The zero-order valence-corrected chi connectivity index (χ0v) is 14.6. The molecule has 0 aromatic heterocycles. The van der Waals surface area contributed by atoms with E-state index in [-0.39, 0.29) is 30.5 Å². The van der Waals surface area contributed by atoms with Gasteiger partial charge in [0.05, 0.1) is 18.5 Å². The Morgan fingerprint density at radius 2 is 1.92 bits per heavy atom. The van der Waals surface area contributed by atoms with Gasteiger partial charge in [-0.3, -0.25) is 14.5 Å². The lowest BCUT2D eigenvalue weighted by Gasteiger charge is -2.25. The van der Waals surface area contributed by atoms with Crippen LogP contribution in [0.25, 0.3) is 0 Å².